The lowest BCUT2D eigenvalue weighted by Crippen LogP contribution is -2.19. The molecular formula is C11H12F3NO4. The highest BCUT2D eigenvalue weighted by atomic mass is 19.4. The van der Waals surface area contributed by atoms with Crippen molar-refractivity contribution >= 4 is 11.7 Å². The fourth-order valence-electron chi connectivity index (χ4n) is 1.30. The van der Waals surface area contributed by atoms with Crippen molar-refractivity contribution in [3.05, 3.63) is 23.8 Å². The van der Waals surface area contributed by atoms with Crippen LogP contribution in [-0.2, 0) is 9.47 Å². The summed E-state index contributed by atoms with van der Waals surface area (Å²) in [4.78, 5) is 11.5. The molecule has 0 amide bonds. The van der Waals surface area contributed by atoms with Crippen LogP contribution in [0.15, 0.2) is 18.2 Å². The summed E-state index contributed by atoms with van der Waals surface area (Å²) in [7, 11) is 1.16. The molecule has 1 aromatic rings. The predicted octanol–water partition coefficient (Wildman–Crippen LogP) is 1.97. The number of benzene rings is 1. The van der Waals surface area contributed by atoms with E-state index in [9.17, 15) is 18.0 Å². The molecule has 5 nitrogen and oxygen atoms in total. The van der Waals surface area contributed by atoms with E-state index in [0.717, 1.165) is 7.11 Å². The number of hydrogen-bond donors (Lipinski definition) is 1. The second-order valence-corrected chi connectivity index (χ2v) is 3.35. The number of hydrogen-bond acceptors (Lipinski definition) is 5. The van der Waals surface area contributed by atoms with Gasteiger partial charge in [0.2, 0.25) is 0 Å². The zero-order chi connectivity index (χ0) is 14.5. The summed E-state index contributed by atoms with van der Waals surface area (Å²) in [6.45, 7) is -1.08. The molecule has 0 saturated carbocycles. The molecule has 0 unspecified atom stereocenters. The molecule has 0 fully saturated rings. The fourth-order valence-corrected chi connectivity index (χ4v) is 1.30. The molecule has 19 heavy (non-hydrogen) atoms. The van der Waals surface area contributed by atoms with Gasteiger partial charge in [0.15, 0.2) is 0 Å². The molecule has 0 saturated heterocycles. The minimum Gasteiger partial charge on any atom is -0.490 e. The Balaban J connectivity index is 2.68. The summed E-state index contributed by atoms with van der Waals surface area (Å²) in [6.07, 6.45) is -4.72. The Morgan fingerprint density at radius 1 is 1.32 bits per heavy atom. The molecule has 0 bridgehead atoms. The first kappa shape index (κ1) is 15.1. The molecule has 2 N–H and O–H groups in total. The van der Waals surface area contributed by atoms with Crippen LogP contribution < -0.4 is 10.5 Å². The van der Waals surface area contributed by atoms with Gasteiger partial charge in [0.1, 0.15) is 17.9 Å². The first-order valence-electron chi connectivity index (χ1n) is 5.15. The third-order valence-electron chi connectivity index (χ3n) is 2.05. The van der Waals surface area contributed by atoms with Crippen LogP contribution in [0.5, 0.6) is 5.75 Å². The Bertz CT molecular complexity index is 448. The Kier molecular flexibility index (Phi) is 4.99. The normalized spacial score (nSPS) is 11.2. The van der Waals surface area contributed by atoms with Crippen molar-refractivity contribution in [1.29, 1.82) is 0 Å². The van der Waals surface area contributed by atoms with E-state index in [-0.39, 0.29) is 23.6 Å². The number of rotatable bonds is 5. The Labute approximate surface area is 107 Å². The van der Waals surface area contributed by atoms with Crippen molar-refractivity contribution in [1.82, 2.24) is 0 Å². The van der Waals surface area contributed by atoms with Gasteiger partial charge in [-0.05, 0) is 12.1 Å². The number of alkyl halides is 3. The van der Waals surface area contributed by atoms with Crippen LogP contribution in [0.1, 0.15) is 10.4 Å². The molecule has 106 valence electrons. The predicted molar refractivity (Wildman–Crippen MR) is 59.7 cm³/mol. The van der Waals surface area contributed by atoms with E-state index >= 15 is 0 Å². The van der Waals surface area contributed by atoms with Crippen molar-refractivity contribution in [2.24, 2.45) is 0 Å². The zero-order valence-electron chi connectivity index (χ0n) is 9.99. The molecule has 0 aliphatic carbocycles. The number of esters is 1. The Hall–Kier alpha value is -1.96. The maximum atomic E-state index is 11.7. The van der Waals surface area contributed by atoms with Gasteiger partial charge in [-0.1, -0.05) is 6.07 Å². The minimum atomic E-state index is -4.72. The lowest BCUT2D eigenvalue weighted by Gasteiger charge is -2.12. The summed E-state index contributed by atoms with van der Waals surface area (Å²) in [5.74, 6) is -0.692. The molecule has 0 aliphatic rings. The first-order chi connectivity index (χ1) is 8.85. The second-order valence-electron chi connectivity index (χ2n) is 3.35. The van der Waals surface area contributed by atoms with Gasteiger partial charge in [0.05, 0.1) is 13.7 Å². The minimum absolute atomic E-state index is 0.0305. The molecule has 1 rings (SSSR count). The van der Waals surface area contributed by atoms with Gasteiger partial charge in [-0.15, -0.1) is 13.2 Å². The van der Waals surface area contributed by atoms with E-state index in [1.54, 1.807) is 0 Å². The monoisotopic (exact) mass is 279 g/mol. The molecule has 1 aromatic carbocycles. The maximum absolute atomic E-state index is 11.7. The summed E-state index contributed by atoms with van der Waals surface area (Å²) in [5, 5.41) is 0. The van der Waals surface area contributed by atoms with E-state index in [1.165, 1.54) is 18.2 Å². The first-order valence-corrected chi connectivity index (χ1v) is 5.15. The number of methoxy groups -OCH3 is 1. The zero-order valence-corrected chi connectivity index (χ0v) is 9.99. The smallest absolute Gasteiger partial charge is 0.490 e. The molecule has 0 spiro atoms. The fraction of sp³-hybridized carbons (Fsp3) is 0.364. The maximum Gasteiger partial charge on any atom is 0.522 e. The van der Waals surface area contributed by atoms with Gasteiger partial charge < -0.3 is 15.2 Å². The van der Waals surface area contributed by atoms with Crippen molar-refractivity contribution in [2.45, 2.75) is 6.36 Å². The van der Waals surface area contributed by atoms with Crippen LogP contribution in [-0.4, -0.2) is 32.7 Å². The van der Waals surface area contributed by atoms with E-state index in [0.29, 0.717) is 0 Å². The van der Waals surface area contributed by atoms with E-state index < -0.39 is 18.9 Å². The van der Waals surface area contributed by atoms with Crippen LogP contribution in [0.3, 0.4) is 0 Å². The third-order valence-corrected chi connectivity index (χ3v) is 2.05. The van der Waals surface area contributed by atoms with Gasteiger partial charge in [0, 0.05) is 5.69 Å². The van der Waals surface area contributed by atoms with Gasteiger partial charge in [0.25, 0.3) is 0 Å². The molecule has 0 aromatic heterocycles. The van der Waals surface area contributed by atoms with E-state index in [2.05, 4.69) is 9.47 Å². The lowest BCUT2D eigenvalue weighted by molar-refractivity contribution is -0.325. The summed E-state index contributed by atoms with van der Waals surface area (Å²) in [5.41, 5.74) is 5.66. The number of carbonyl (C=O) groups is 1. The van der Waals surface area contributed by atoms with E-state index in [4.69, 9.17) is 10.5 Å². The summed E-state index contributed by atoms with van der Waals surface area (Å²) >= 11 is 0. The van der Waals surface area contributed by atoms with Gasteiger partial charge in [-0.2, -0.15) is 0 Å². The van der Waals surface area contributed by atoms with Crippen molar-refractivity contribution in [3.63, 3.8) is 0 Å². The van der Waals surface area contributed by atoms with Crippen LogP contribution in [0.25, 0.3) is 0 Å². The number of anilines is 1. The topological polar surface area (TPSA) is 70.8 Å². The quantitative estimate of drug-likeness (QED) is 0.507. The molecule has 0 aliphatic heterocycles. The Morgan fingerprint density at radius 2 is 2.00 bits per heavy atom. The lowest BCUT2D eigenvalue weighted by atomic mass is 10.1. The largest absolute Gasteiger partial charge is 0.522 e. The third kappa shape index (κ3) is 4.66. The SMILES string of the molecule is COC(=O)c1c(N)cccc1OCCOC(F)(F)F. The van der Waals surface area contributed by atoms with Crippen LogP contribution in [0.2, 0.25) is 0 Å². The molecular weight excluding hydrogens is 267 g/mol. The highest BCUT2D eigenvalue weighted by Gasteiger charge is 2.28. The average Bonchev–Trinajstić information content (AvgIpc) is 2.33. The highest BCUT2D eigenvalue weighted by Crippen LogP contribution is 2.25. The van der Waals surface area contributed by atoms with Gasteiger partial charge >= 0.3 is 12.3 Å². The van der Waals surface area contributed by atoms with Crippen molar-refractivity contribution in [3.8, 4) is 5.75 Å². The molecule has 0 heterocycles. The van der Waals surface area contributed by atoms with Crippen LogP contribution >= 0.6 is 0 Å². The van der Waals surface area contributed by atoms with Crippen LogP contribution in [0, 0.1) is 0 Å². The van der Waals surface area contributed by atoms with Crippen LogP contribution in [0.4, 0.5) is 18.9 Å². The second kappa shape index (κ2) is 6.28. The molecule has 0 atom stereocenters. The molecule has 8 heteroatoms. The number of ether oxygens (including phenoxy) is 3. The number of nitrogens with two attached hydrogens (primary N) is 1. The van der Waals surface area contributed by atoms with Crippen molar-refractivity contribution in [2.75, 3.05) is 26.1 Å². The van der Waals surface area contributed by atoms with Gasteiger partial charge in [-0.25, -0.2) is 4.79 Å². The molecule has 0 radical (unpaired) electrons. The van der Waals surface area contributed by atoms with Crippen molar-refractivity contribution < 1.29 is 32.2 Å². The van der Waals surface area contributed by atoms with Gasteiger partial charge in [-0.3, -0.25) is 4.74 Å². The number of carbonyl (C=O) groups excluding carboxylic acids is 1. The van der Waals surface area contributed by atoms with E-state index in [1.807, 2.05) is 0 Å². The standard InChI is InChI=1S/C11H12F3NO4/c1-17-10(16)9-7(15)3-2-4-8(9)18-5-6-19-11(12,13)14/h2-4H,5-6,15H2,1H3. The average molecular weight is 279 g/mol. The summed E-state index contributed by atoms with van der Waals surface area (Å²) < 4.78 is 48.3. The number of nitrogen functional groups attached to an aromatic ring is 1. The number of halogens is 3. The highest BCUT2D eigenvalue weighted by molar-refractivity contribution is 5.98. The Morgan fingerprint density at radius 3 is 2.58 bits per heavy atom. The summed E-state index contributed by atoms with van der Waals surface area (Å²) in [6, 6.07) is 4.35.